The van der Waals surface area contributed by atoms with Gasteiger partial charge in [0.25, 0.3) is 0 Å². The molecule has 21 heavy (non-hydrogen) atoms. The van der Waals surface area contributed by atoms with E-state index in [1.165, 1.54) is 32.5 Å². The number of carbonyl (C=O) groups excluding carboxylic acids is 1. The molecule has 2 aromatic rings. The van der Waals surface area contributed by atoms with E-state index in [9.17, 15) is 13.6 Å². The maximum Gasteiger partial charge on any atom is 0.340 e. The largest absolute Gasteiger partial charge is 0.496 e. The van der Waals surface area contributed by atoms with Crippen LogP contribution in [-0.4, -0.2) is 25.2 Å². The minimum Gasteiger partial charge on any atom is -0.496 e. The molecule has 0 aliphatic rings. The van der Waals surface area contributed by atoms with Crippen LogP contribution >= 0.6 is 0 Å². The summed E-state index contributed by atoms with van der Waals surface area (Å²) < 4.78 is 37.4. The molecule has 0 amide bonds. The van der Waals surface area contributed by atoms with E-state index in [1.54, 1.807) is 6.92 Å². The van der Waals surface area contributed by atoms with Crippen molar-refractivity contribution >= 4 is 5.97 Å². The van der Waals surface area contributed by atoms with Crippen molar-refractivity contribution < 1.29 is 23.0 Å². The van der Waals surface area contributed by atoms with Crippen LogP contribution in [0.15, 0.2) is 24.4 Å². The first-order valence-corrected chi connectivity index (χ1v) is 6.07. The zero-order valence-corrected chi connectivity index (χ0v) is 11.7. The number of benzene rings is 1. The Bertz CT molecular complexity index is 702. The Morgan fingerprint density at radius 3 is 2.57 bits per heavy atom. The van der Waals surface area contributed by atoms with Gasteiger partial charge in [-0.3, -0.25) is 4.98 Å². The summed E-state index contributed by atoms with van der Waals surface area (Å²) in [4.78, 5) is 15.8. The van der Waals surface area contributed by atoms with E-state index in [0.717, 1.165) is 6.07 Å². The average Bonchev–Trinajstić information content (AvgIpc) is 2.49. The normalized spacial score (nSPS) is 10.3. The fourth-order valence-electron chi connectivity index (χ4n) is 1.99. The van der Waals surface area contributed by atoms with Gasteiger partial charge in [-0.1, -0.05) is 0 Å². The monoisotopic (exact) mass is 293 g/mol. The van der Waals surface area contributed by atoms with Gasteiger partial charge in [-0.2, -0.15) is 0 Å². The van der Waals surface area contributed by atoms with Crippen LogP contribution in [0.2, 0.25) is 0 Å². The van der Waals surface area contributed by atoms with Crippen molar-refractivity contribution in [3.05, 3.63) is 47.3 Å². The van der Waals surface area contributed by atoms with Crippen LogP contribution in [0, 0.1) is 18.6 Å². The topological polar surface area (TPSA) is 48.4 Å². The number of aryl methyl sites for hydroxylation is 1. The third-order valence-corrected chi connectivity index (χ3v) is 2.99. The molecule has 0 radical (unpaired) electrons. The number of halogens is 2. The molecule has 0 spiro atoms. The molecule has 0 saturated heterocycles. The summed E-state index contributed by atoms with van der Waals surface area (Å²) in [5.41, 5.74) is 0.612. The molecule has 2 rings (SSSR count). The fraction of sp³-hybridized carbons (Fsp3) is 0.200. The average molecular weight is 293 g/mol. The molecule has 1 heterocycles. The third-order valence-electron chi connectivity index (χ3n) is 2.99. The SMILES string of the molecule is COC(=O)c1cnc(C)cc1-c1c(OC)ccc(F)c1F. The van der Waals surface area contributed by atoms with Gasteiger partial charge in [0.1, 0.15) is 5.75 Å². The van der Waals surface area contributed by atoms with E-state index < -0.39 is 17.6 Å². The molecule has 0 atom stereocenters. The number of aromatic nitrogens is 1. The van der Waals surface area contributed by atoms with E-state index >= 15 is 0 Å². The number of rotatable bonds is 3. The second-order valence-electron chi connectivity index (χ2n) is 4.30. The zero-order chi connectivity index (χ0) is 15.6. The Kier molecular flexibility index (Phi) is 4.16. The molecule has 1 aromatic carbocycles. The van der Waals surface area contributed by atoms with Gasteiger partial charge in [0, 0.05) is 17.5 Å². The van der Waals surface area contributed by atoms with Gasteiger partial charge in [-0.05, 0) is 25.1 Å². The van der Waals surface area contributed by atoms with Crippen LogP contribution in [0.1, 0.15) is 16.1 Å². The number of methoxy groups -OCH3 is 2. The van der Waals surface area contributed by atoms with Gasteiger partial charge in [0.15, 0.2) is 11.6 Å². The lowest BCUT2D eigenvalue weighted by Gasteiger charge is -2.13. The first kappa shape index (κ1) is 14.9. The molecule has 110 valence electrons. The van der Waals surface area contributed by atoms with Crippen molar-refractivity contribution in [2.75, 3.05) is 14.2 Å². The minimum absolute atomic E-state index is 0.0332. The third kappa shape index (κ3) is 2.69. The Balaban J connectivity index is 2.80. The van der Waals surface area contributed by atoms with Crippen molar-refractivity contribution in [1.82, 2.24) is 4.98 Å². The molecule has 0 aliphatic heterocycles. The smallest absolute Gasteiger partial charge is 0.340 e. The summed E-state index contributed by atoms with van der Waals surface area (Å²) in [7, 11) is 2.53. The highest BCUT2D eigenvalue weighted by atomic mass is 19.2. The van der Waals surface area contributed by atoms with Gasteiger partial charge in [0.2, 0.25) is 0 Å². The van der Waals surface area contributed by atoms with E-state index in [-0.39, 0.29) is 22.4 Å². The maximum atomic E-state index is 14.2. The second-order valence-corrected chi connectivity index (χ2v) is 4.30. The first-order chi connectivity index (χ1) is 9.99. The van der Waals surface area contributed by atoms with Crippen LogP contribution in [0.4, 0.5) is 8.78 Å². The number of ether oxygens (including phenoxy) is 2. The molecular weight excluding hydrogens is 280 g/mol. The number of hydrogen-bond donors (Lipinski definition) is 0. The number of pyridine rings is 1. The molecule has 1 aromatic heterocycles. The van der Waals surface area contributed by atoms with Crippen molar-refractivity contribution in [3.8, 4) is 16.9 Å². The molecule has 0 unspecified atom stereocenters. The van der Waals surface area contributed by atoms with E-state index in [4.69, 9.17) is 4.74 Å². The molecule has 0 N–H and O–H groups in total. The highest BCUT2D eigenvalue weighted by molar-refractivity contribution is 5.98. The molecule has 0 fully saturated rings. The van der Waals surface area contributed by atoms with Crippen LogP contribution in [0.5, 0.6) is 5.75 Å². The summed E-state index contributed by atoms with van der Waals surface area (Å²) in [6, 6.07) is 3.74. The van der Waals surface area contributed by atoms with Crippen molar-refractivity contribution in [1.29, 1.82) is 0 Å². The van der Waals surface area contributed by atoms with Gasteiger partial charge in [-0.25, -0.2) is 13.6 Å². The number of nitrogens with zero attached hydrogens (tertiary/aromatic N) is 1. The minimum atomic E-state index is -1.09. The summed E-state index contributed by atoms with van der Waals surface area (Å²) >= 11 is 0. The van der Waals surface area contributed by atoms with Crippen molar-refractivity contribution in [2.24, 2.45) is 0 Å². The predicted molar refractivity (Wildman–Crippen MR) is 72.2 cm³/mol. The Hall–Kier alpha value is -2.50. The molecule has 0 aliphatic carbocycles. The predicted octanol–water partition coefficient (Wildman–Crippen LogP) is 3.13. The molecule has 4 nitrogen and oxygen atoms in total. The van der Waals surface area contributed by atoms with E-state index in [2.05, 4.69) is 9.72 Å². The van der Waals surface area contributed by atoms with Crippen LogP contribution < -0.4 is 4.74 Å². The lowest BCUT2D eigenvalue weighted by molar-refractivity contribution is 0.0601. The Morgan fingerprint density at radius 2 is 1.95 bits per heavy atom. The van der Waals surface area contributed by atoms with Crippen LogP contribution in [0.25, 0.3) is 11.1 Å². The number of carbonyl (C=O) groups is 1. The Morgan fingerprint density at radius 1 is 1.24 bits per heavy atom. The highest BCUT2D eigenvalue weighted by Gasteiger charge is 2.22. The van der Waals surface area contributed by atoms with E-state index in [1.807, 2.05) is 0 Å². The lowest BCUT2D eigenvalue weighted by atomic mass is 9.99. The van der Waals surface area contributed by atoms with Crippen molar-refractivity contribution in [2.45, 2.75) is 6.92 Å². The molecule has 6 heteroatoms. The summed E-state index contributed by atoms with van der Waals surface area (Å²) in [5, 5.41) is 0. The number of hydrogen-bond acceptors (Lipinski definition) is 4. The standard InChI is InChI=1S/C15H13F2NO3/c1-8-6-9(10(7-18-8)15(19)21-3)13-12(20-2)5-4-11(16)14(13)17/h4-7H,1-3H3. The van der Waals surface area contributed by atoms with Gasteiger partial charge in [-0.15, -0.1) is 0 Å². The van der Waals surface area contributed by atoms with Crippen LogP contribution in [-0.2, 0) is 4.74 Å². The summed E-state index contributed by atoms with van der Waals surface area (Å²) in [5.74, 6) is -2.70. The maximum absolute atomic E-state index is 14.2. The molecule has 0 saturated carbocycles. The fourth-order valence-corrected chi connectivity index (χ4v) is 1.99. The second kappa shape index (κ2) is 5.87. The summed E-state index contributed by atoms with van der Waals surface area (Å²) in [6.07, 6.45) is 1.26. The van der Waals surface area contributed by atoms with Gasteiger partial charge in [0.05, 0.1) is 25.3 Å². The zero-order valence-electron chi connectivity index (χ0n) is 11.7. The Labute approximate surface area is 120 Å². The highest BCUT2D eigenvalue weighted by Crippen LogP contribution is 2.36. The summed E-state index contributed by atoms with van der Waals surface area (Å²) in [6.45, 7) is 1.67. The van der Waals surface area contributed by atoms with Crippen molar-refractivity contribution in [3.63, 3.8) is 0 Å². The van der Waals surface area contributed by atoms with E-state index in [0.29, 0.717) is 5.69 Å². The first-order valence-electron chi connectivity index (χ1n) is 6.07. The molecular formula is C15H13F2NO3. The van der Waals surface area contributed by atoms with Gasteiger partial charge >= 0.3 is 5.97 Å². The van der Waals surface area contributed by atoms with Gasteiger partial charge < -0.3 is 9.47 Å². The quantitative estimate of drug-likeness (QED) is 0.816. The number of esters is 1. The van der Waals surface area contributed by atoms with Crippen LogP contribution in [0.3, 0.4) is 0 Å². The molecule has 0 bridgehead atoms. The lowest BCUT2D eigenvalue weighted by Crippen LogP contribution is -2.07.